The minimum atomic E-state index is -0.372. The topological polar surface area (TPSA) is 49.3 Å². The predicted octanol–water partition coefficient (Wildman–Crippen LogP) is 1.65. The van der Waals surface area contributed by atoms with Crippen molar-refractivity contribution in [2.75, 3.05) is 0 Å². The van der Waals surface area contributed by atoms with E-state index in [0.717, 1.165) is 31.2 Å². The van der Waals surface area contributed by atoms with E-state index in [9.17, 15) is 9.90 Å². The molecule has 1 fully saturated rings. The maximum absolute atomic E-state index is 11.8. The molecule has 1 aromatic rings. The number of nitrogens with one attached hydrogen (secondary N) is 1. The number of rotatable bonds is 3. The van der Waals surface area contributed by atoms with E-state index < -0.39 is 0 Å². The van der Waals surface area contributed by atoms with Gasteiger partial charge in [0.05, 0.1) is 18.6 Å². The smallest absolute Gasteiger partial charge is 0.224 e. The van der Waals surface area contributed by atoms with Crippen molar-refractivity contribution in [2.45, 2.75) is 44.2 Å². The second-order valence-corrected chi connectivity index (χ2v) is 4.69. The Morgan fingerprint density at radius 2 is 1.94 bits per heavy atom. The molecule has 0 aromatic heterocycles. The van der Waals surface area contributed by atoms with Crippen molar-refractivity contribution in [1.82, 2.24) is 5.32 Å². The fraction of sp³-hybridized carbons (Fsp3) is 0.500. The van der Waals surface area contributed by atoms with Crippen molar-refractivity contribution in [1.29, 1.82) is 0 Å². The average Bonchev–Trinajstić information content (AvgIpc) is 2.33. The van der Waals surface area contributed by atoms with Gasteiger partial charge in [0.1, 0.15) is 0 Å². The first kappa shape index (κ1) is 12.1. The number of aliphatic hydroxyl groups excluding tert-OH is 1. The minimum absolute atomic E-state index is 0.00199. The standard InChI is InChI=1S/C14H19NO2/c16-13-9-5-4-8-12(13)15-14(17)10-11-6-2-1-3-7-11/h1-3,6-7,12-13,16H,4-5,8-10H2,(H,15,17)/t12-,13-/m1/s1. The summed E-state index contributed by atoms with van der Waals surface area (Å²) in [6.07, 6.45) is 3.87. The highest BCUT2D eigenvalue weighted by Crippen LogP contribution is 2.18. The molecule has 1 aromatic carbocycles. The van der Waals surface area contributed by atoms with Crippen LogP contribution in [0, 0.1) is 0 Å². The lowest BCUT2D eigenvalue weighted by atomic mass is 9.92. The van der Waals surface area contributed by atoms with Gasteiger partial charge >= 0.3 is 0 Å². The summed E-state index contributed by atoms with van der Waals surface area (Å²) in [4.78, 5) is 11.8. The van der Waals surface area contributed by atoms with Crippen LogP contribution in [0.5, 0.6) is 0 Å². The Hall–Kier alpha value is -1.35. The Labute approximate surface area is 102 Å². The molecule has 1 amide bonds. The Bertz CT molecular complexity index is 364. The molecule has 1 aliphatic rings. The Morgan fingerprint density at radius 3 is 2.65 bits per heavy atom. The van der Waals surface area contributed by atoms with Gasteiger partial charge in [-0.25, -0.2) is 0 Å². The summed E-state index contributed by atoms with van der Waals surface area (Å²) in [6.45, 7) is 0. The SMILES string of the molecule is O=C(Cc1ccccc1)N[C@@H]1CCCC[C@H]1O. The van der Waals surface area contributed by atoms with Crippen LogP contribution in [0.25, 0.3) is 0 Å². The number of hydrogen-bond donors (Lipinski definition) is 2. The number of hydrogen-bond acceptors (Lipinski definition) is 2. The predicted molar refractivity (Wildman–Crippen MR) is 66.6 cm³/mol. The summed E-state index contributed by atoms with van der Waals surface area (Å²) in [5.74, 6) is 0.00199. The number of amides is 1. The van der Waals surface area contributed by atoms with E-state index in [-0.39, 0.29) is 18.1 Å². The van der Waals surface area contributed by atoms with Crippen molar-refractivity contribution in [3.8, 4) is 0 Å². The van der Waals surface area contributed by atoms with Crippen LogP contribution in [0.1, 0.15) is 31.2 Å². The Kier molecular flexibility index (Phi) is 4.15. The molecular formula is C14H19NO2. The van der Waals surface area contributed by atoms with Crippen LogP contribution in [0.2, 0.25) is 0 Å². The molecule has 0 spiro atoms. The summed E-state index contributed by atoms with van der Waals surface area (Å²) >= 11 is 0. The van der Waals surface area contributed by atoms with Gasteiger partial charge in [-0.2, -0.15) is 0 Å². The van der Waals surface area contributed by atoms with Gasteiger partial charge in [-0.15, -0.1) is 0 Å². The molecule has 92 valence electrons. The lowest BCUT2D eigenvalue weighted by Crippen LogP contribution is -2.45. The van der Waals surface area contributed by atoms with Crippen molar-refractivity contribution >= 4 is 5.91 Å². The van der Waals surface area contributed by atoms with Crippen molar-refractivity contribution in [3.63, 3.8) is 0 Å². The highest BCUT2D eigenvalue weighted by Gasteiger charge is 2.24. The summed E-state index contributed by atoms with van der Waals surface area (Å²) in [7, 11) is 0. The molecule has 0 unspecified atom stereocenters. The molecular weight excluding hydrogens is 214 g/mol. The third-order valence-electron chi connectivity index (χ3n) is 3.28. The van der Waals surface area contributed by atoms with Crippen LogP contribution in [-0.2, 0) is 11.2 Å². The second-order valence-electron chi connectivity index (χ2n) is 4.69. The van der Waals surface area contributed by atoms with Crippen LogP contribution in [0.15, 0.2) is 30.3 Å². The zero-order chi connectivity index (χ0) is 12.1. The number of carbonyl (C=O) groups is 1. The maximum Gasteiger partial charge on any atom is 0.224 e. The highest BCUT2D eigenvalue weighted by molar-refractivity contribution is 5.78. The molecule has 3 nitrogen and oxygen atoms in total. The number of aliphatic hydroxyl groups is 1. The minimum Gasteiger partial charge on any atom is -0.391 e. The average molecular weight is 233 g/mol. The van der Waals surface area contributed by atoms with Crippen LogP contribution in [-0.4, -0.2) is 23.2 Å². The second kappa shape index (κ2) is 5.82. The van der Waals surface area contributed by atoms with Crippen LogP contribution in [0.3, 0.4) is 0 Å². The summed E-state index contributed by atoms with van der Waals surface area (Å²) < 4.78 is 0. The molecule has 0 aliphatic heterocycles. The molecule has 0 radical (unpaired) electrons. The van der Waals surface area contributed by atoms with Gasteiger partial charge in [0.2, 0.25) is 5.91 Å². The maximum atomic E-state index is 11.8. The van der Waals surface area contributed by atoms with Crippen molar-refractivity contribution in [2.24, 2.45) is 0 Å². The summed E-state index contributed by atoms with van der Waals surface area (Å²) in [5.41, 5.74) is 1.01. The van der Waals surface area contributed by atoms with E-state index in [0.29, 0.717) is 6.42 Å². The van der Waals surface area contributed by atoms with Crippen LogP contribution in [0.4, 0.5) is 0 Å². The molecule has 1 saturated carbocycles. The molecule has 0 heterocycles. The fourth-order valence-corrected chi connectivity index (χ4v) is 2.32. The van der Waals surface area contributed by atoms with Gasteiger partial charge in [-0.1, -0.05) is 43.2 Å². The fourth-order valence-electron chi connectivity index (χ4n) is 2.32. The lowest BCUT2D eigenvalue weighted by Gasteiger charge is -2.28. The quantitative estimate of drug-likeness (QED) is 0.834. The van der Waals surface area contributed by atoms with Gasteiger partial charge in [0, 0.05) is 0 Å². The monoisotopic (exact) mass is 233 g/mol. The third-order valence-corrected chi connectivity index (χ3v) is 3.28. The molecule has 17 heavy (non-hydrogen) atoms. The molecule has 2 N–H and O–H groups in total. The van der Waals surface area contributed by atoms with E-state index in [1.165, 1.54) is 0 Å². The highest BCUT2D eigenvalue weighted by atomic mass is 16.3. The molecule has 2 atom stereocenters. The zero-order valence-electron chi connectivity index (χ0n) is 9.93. The first-order valence-electron chi connectivity index (χ1n) is 6.27. The molecule has 0 saturated heterocycles. The normalized spacial score (nSPS) is 24.3. The van der Waals surface area contributed by atoms with Crippen molar-refractivity contribution in [3.05, 3.63) is 35.9 Å². The zero-order valence-corrected chi connectivity index (χ0v) is 9.93. The van der Waals surface area contributed by atoms with E-state index in [1.54, 1.807) is 0 Å². The van der Waals surface area contributed by atoms with Gasteiger partial charge in [0.25, 0.3) is 0 Å². The summed E-state index contributed by atoms with van der Waals surface area (Å²) in [5, 5.41) is 12.7. The van der Waals surface area contributed by atoms with Crippen LogP contribution < -0.4 is 5.32 Å². The molecule has 1 aliphatic carbocycles. The summed E-state index contributed by atoms with van der Waals surface area (Å²) in [6, 6.07) is 9.62. The van der Waals surface area contributed by atoms with Gasteiger partial charge in [-0.05, 0) is 18.4 Å². The van der Waals surface area contributed by atoms with Gasteiger partial charge in [-0.3, -0.25) is 4.79 Å². The van der Waals surface area contributed by atoms with E-state index in [2.05, 4.69) is 5.32 Å². The first-order valence-corrected chi connectivity index (χ1v) is 6.27. The Morgan fingerprint density at radius 1 is 1.24 bits per heavy atom. The number of carbonyl (C=O) groups excluding carboxylic acids is 1. The molecule has 0 bridgehead atoms. The van der Waals surface area contributed by atoms with Crippen LogP contribution >= 0.6 is 0 Å². The van der Waals surface area contributed by atoms with Gasteiger partial charge in [0.15, 0.2) is 0 Å². The lowest BCUT2D eigenvalue weighted by molar-refractivity contribution is -0.122. The third kappa shape index (κ3) is 3.56. The van der Waals surface area contributed by atoms with E-state index >= 15 is 0 Å². The van der Waals surface area contributed by atoms with Gasteiger partial charge < -0.3 is 10.4 Å². The van der Waals surface area contributed by atoms with E-state index in [4.69, 9.17) is 0 Å². The van der Waals surface area contributed by atoms with Crippen molar-refractivity contribution < 1.29 is 9.90 Å². The first-order chi connectivity index (χ1) is 8.25. The Balaban J connectivity index is 1.84. The molecule has 2 rings (SSSR count). The molecule has 3 heteroatoms. The number of benzene rings is 1. The largest absolute Gasteiger partial charge is 0.391 e. The van der Waals surface area contributed by atoms with E-state index in [1.807, 2.05) is 30.3 Å².